The van der Waals surface area contributed by atoms with E-state index in [-0.39, 0.29) is 0 Å². The van der Waals surface area contributed by atoms with Crippen LogP contribution in [0.15, 0.2) is 4.52 Å². The zero-order chi connectivity index (χ0) is 11.5. The van der Waals surface area contributed by atoms with Crippen LogP contribution in [0.25, 0.3) is 0 Å². The van der Waals surface area contributed by atoms with E-state index in [0.29, 0.717) is 0 Å². The molecule has 1 heterocycles. The van der Waals surface area contributed by atoms with Crippen LogP contribution in [0, 0.1) is 12.8 Å². The van der Waals surface area contributed by atoms with Crippen molar-refractivity contribution in [1.82, 2.24) is 15.0 Å². The van der Waals surface area contributed by atoms with E-state index in [1.54, 1.807) is 0 Å². The van der Waals surface area contributed by atoms with Gasteiger partial charge in [-0.05, 0) is 38.6 Å². The summed E-state index contributed by atoms with van der Waals surface area (Å²) in [5, 5.41) is 3.83. The van der Waals surface area contributed by atoms with Gasteiger partial charge in [-0.2, -0.15) is 4.98 Å². The second-order valence-electron chi connectivity index (χ2n) is 5.12. The van der Waals surface area contributed by atoms with Crippen molar-refractivity contribution < 1.29 is 4.52 Å². The van der Waals surface area contributed by atoms with Crippen LogP contribution in [0.4, 0.5) is 0 Å². The van der Waals surface area contributed by atoms with E-state index in [1.807, 2.05) is 6.92 Å². The van der Waals surface area contributed by atoms with E-state index in [2.05, 4.69) is 28.9 Å². The Morgan fingerprint density at radius 2 is 2.19 bits per heavy atom. The highest BCUT2D eigenvalue weighted by atomic mass is 16.5. The van der Waals surface area contributed by atoms with Gasteiger partial charge in [0.1, 0.15) is 0 Å². The molecule has 0 spiro atoms. The van der Waals surface area contributed by atoms with E-state index < -0.39 is 0 Å². The van der Waals surface area contributed by atoms with Crippen molar-refractivity contribution in [2.45, 2.75) is 52.6 Å². The molecule has 2 rings (SSSR count). The molecule has 90 valence electrons. The first kappa shape index (κ1) is 11.6. The fraction of sp³-hybridized carbons (Fsp3) is 0.833. The Kier molecular flexibility index (Phi) is 3.59. The number of hydrogen-bond donors (Lipinski definition) is 0. The molecule has 0 saturated heterocycles. The van der Waals surface area contributed by atoms with Crippen LogP contribution in [-0.2, 0) is 6.54 Å². The highest BCUT2D eigenvalue weighted by Gasteiger charge is 2.29. The maximum atomic E-state index is 5.18. The van der Waals surface area contributed by atoms with Crippen LogP contribution in [0.1, 0.15) is 44.8 Å². The Balaban J connectivity index is 1.87. The van der Waals surface area contributed by atoms with Crippen LogP contribution in [0.3, 0.4) is 0 Å². The third-order valence-electron chi connectivity index (χ3n) is 2.96. The predicted octanol–water partition coefficient (Wildman–Crippen LogP) is 2.39. The summed E-state index contributed by atoms with van der Waals surface area (Å²) in [5.41, 5.74) is 0. The minimum Gasteiger partial charge on any atom is -0.338 e. The Hall–Kier alpha value is -0.900. The SMILES string of the molecule is Cc1noc(CN(CCC(C)C)C2CC2)n1. The smallest absolute Gasteiger partial charge is 0.240 e. The fourth-order valence-electron chi connectivity index (χ4n) is 1.83. The first-order valence-electron chi connectivity index (χ1n) is 6.18. The summed E-state index contributed by atoms with van der Waals surface area (Å²) >= 11 is 0. The van der Waals surface area contributed by atoms with Gasteiger partial charge in [-0.1, -0.05) is 19.0 Å². The largest absolute Gasteiger partial charge is 0.338 e. The van der Waals surface area contributed by atoms with Crippen molar-refractivity contribution >= 4 is 0 Å². The zero-order valence-corrected chi connectivity index (χ0v) is 10.4. The molecule has 1 aliphatic carbocycles. The highest BCUT2D eigenvalue weighted by molar-refractivity contribution is 4.89. The van der Waals surface area contributed by atoms with Crippen molar-refractivity contribution in [3.63, 3.8) is 0 Å². The molecule has 1 aromatic rings. The van der Waals surface area contributed by atoms with Gasteiger partial charge in [0, 0.05) is 6.04 Å². The van der Waals surface area contributed by atoms with Crippen LogP contribution in [-0.4, -0.2) is 27.6 Å². The van der Waals surface area contributed by atoms with Crippen LogP contribution >= 0.6 is 0 Å². The molecule has 0 aliphatic heterocycles. The molecule has 1 aromatic heterocycles. The van der Waals surface area contributed by atoms with Crippen molar-refractivity contribution in [3.8, 4) is 0 Å². The van der Waals surface area contributed by atoms with Crippen LogP contribution in [0.2, 0.25) is 0 Å². The lowest BCUT2D eigenvalue weighted by Crippen LogP contribution is -2.27. The van der Waals surface area contributed by atoms with E-state index in [0.717, 1.165) is 36.8 Å². The minimum atomic E-state index is 0.731. The normalized spacial score (nSPS) is 16.3. The second-order valence-corrected chi connectivity index (χ2v) is 5.12. The summed E-state index contributed by atoms with van der Waals surface area (Å²) in [6.07, 6.45) is 3.89. The third kappa shape index (κ3) is 3.30. The average molecular weight is 223 g/mol. The summed E-state index contributed by atoms with van der Waals surface area (Å²) in [6.45, 7) is 8.36. The van der Waals surface area contributed by atoms with Gasteiger partial charge in [0.2, 0.25) is 5.89 Å². The zero-order valence-electron chi connectivity index (χ0n) is 10.4. The van der Waals surface area contributed by atoms with Gasteiger partial charge in [-0.15, -0.1) is 0 Å². The van der Waals surface area contributed by atoms with E-state index in [1.165, 1.54) is 19.3 Å². The van der Waals surface area contributed by atoms with E-state index in [4.69, 9.17) is 4.52 Å². The molecule has 1 aliphatic rings. The lowest BCUT2D eigenvalue weighted by Gasteiger charge is -2.20. The first-order valence-corrected chi connectivity index (χ1v) is 6.18. The van der Waals surface area contributed by atoms with E-state index >= 15 is 0 Å². The van der Waals surface area contributed by atoms with E-state index in [9.17, 15) is 0 Å². The van der Waals surface area contributed by atoms with Crippen LogP contribution < -0.4 is 0 Å². The van der Waals surface area contributed by atoms with Gasteiger partial charge < -0.3 is 4.52 Å². The van der Waals surface area contributed by atoms with Gasteiger partial charge in [-0.25, -0.2) is 0 Å². The standard InChI is InChI=1S/C12H21N3O/c1-9(2)6-7-15(11-4-5-11)8-12-13-10(3)14-16-12/h9,11H,4-8H2,1-3H3. The minimum absolute atomic E-state index is 0.731. The van der Waals surface area contributed by atoms with Gasteiger partial charge >= 0.3 is 0 Å². The molecule has 0 aromatic carbocycles. The molecule has 4 heteroatoms. The summed E-state index contributed by atoms with van der Waals surface area (Å²) in [5.74, 6) is 2.24. The monoisotopic (exact) mass is 223 g/mol. The molecule has 0 amide bonds. The molecular weight excluding hydrogens is 202 g/mol. The summed E-state index contributed by atoms with van der Waals surface area (Å²) in [7, 11) is 0. The first-order chi connectivity index (χ1) is 7.65. The molecule has 0 atom stereocenters. The second kappa shape index (κ2) is 4.95. The number of rotatable bonds is 6. The molecule has 0 unspecified atom stereocenters. The lowest BCUT2D eigenvalue weighted by atomic mass is 10.1. The number of hydrogen-bond acceptors (Lipinski definition) is 4. The van der Waals surface area contributed by atoms with Gasteiger partial charge in [-0.3, -0.25) is 4.90 Å². The lowest BCUT2D eigenvalue weighted by molar-refractivity contribution is 0.207. The Morgan fingerprint density at radius 1 is 1.44 bits per heavy atom. The topological polar surface area (TPSA) is 42.2 Å². The Morgan fingerprint density at radius 3 is 2.69 bits per heavy atom. The fourth-order valence-corrected chi connectivity index (χ4v) is 1.83. The van der Waals surface area contributed by atoms with Crippen LogP contribution in [0.5, 0.6) is 0 Å². The predicted molar refractivity (Wildman–Crippen MR) is 61.9 cm³/mol. The Labute approximate surface area is 97.0 Å². The summed E-state index contributed by atoms with van der Waals surface area (Å²) in [4.78, 5) is 6.75. The number of aromatic nitrogens is 2. The molecule has 1 fully saturated rings. The molecule has 16 heavy (non-hydrogen) atoms. The molecule has 4 nitrogen and oxygen atoms in total. The highest BCUT2D eigenvalue weighted by Crippen LogP contribution is 2.28. The average Bonchev–Trinajstić information content (AvgIpc) is 2.98. The van der Waals surface area contributed by atoms with Crippen molar-refractivity contribution in [1.29, 1.82) is 0 Å². The molecular formula is C12H21N3O. The van der Waals surface area contributed by atoms with Crippen molar-refractivity contribution in [3.05, 3.63) is 11.7 Å². The maximum Gasteiger partial charge on any atom is 0.240 e. The van der Waals surface area contributed by atoms with Gasteiger partial charge in [0.25, 0.3) is 0 Å². The maximum absolute atomic E-state index is 5.18. The molecule has 1 saturated carbocycles. The van der Waals surface area contributed by atoms with Gasteiger partial charge in [0.05, 0.1) is 6.54 Å². The summed E-state index contributed by atoms with van der Waals surface area (Å²) in [6, 6.07) is 0.756. The third-order valence-corrected chi connectivity index (χ3v) is 2.96. The molecule has 0 N–H and O–H groups in total. The van der Waals surface area contributed by atoms with Crippen molar-refractivity contribution in [2.75, 3.05) is 6.54 Å². The number of aryl methyl sites for hydroxylation is 1. The molecule has 0 radical (unpaired) electrons. The quantitative estimate of drug-likeness (QED) is 0.742. The van der Waals surface area contributed by atoms with Gasteiger partial charge in [0.15, 0.2) is 5.82 Å². The Bertz CT molecular complexity index is 331. The molecule has 0 bridgehead atoms. The van der Waals surface area contributed by atoms with Crippen molar-refractivity contribution in [2.24, 2.45) is 5.92 Å². The summed E-state index contributed by atoms with van der Waals surface area (Å²) < 4.78 is 5.18. The number of nitrogens with zero attached hydrogens (tertiary/aromatic N) is 3.